The van der Waals surface area contributed by atoms with E-state index in [2.05, 4.69) is 22.1 Å². The van der Waals surface area contributed by atoms with E-state index in [1.807, 2.05) is 35.7 Å². The first-order valence-corrected chi connectivity index (χ1v) is 10.6. The molecule has 1 aliphatic heterocycles. The molecule has 1 N–H and O–H groups in total. The summed E-state index contributed by atoms with van der Waals surface area (Å²) < 4.78 is 0. The minimum absolute atomic E-state index is 0.0861. The van der Waals surface area contributed by atoms with E-state index in [1.54, 1.807) is 17.5 Å². The number of thiazole rings is 1. The standard InChI is InChI=1S/C21H29N3OS/c1-2-7-17-8-6-13-24(14-11-17)16-19(25)23-20(21-22-12-15-26-21)18-9-4-3-5-10-18/h3-5,9-10,12,15,17,20H,2,6-8,11,13-14,16H2,1H3,(H,23,25). The quantitative estimate of drug-likeness (QED) is 0.791. The molecule has 2 atom stereocenters. The molecule has 1 aliphatic rings. The number of carbonyl (C=O) groups excluding carboxylic acids is 1. The molecule has 5 heteroatoms. The summed E-state index contributed by atoms with van der Waals surface area (Å²) in [6.45, 7) is 4.80. The number of nitrogens with zero attached hydrogens (tertiary/aromatic N) is 2. The number of carbonyl (C=O) groups is 1. The van der Waals surface area contributed by atoms with Crippen LogP contribution < -0.4 is 5.32 Å². The lowest BCUT2D eigenvalue weighted by atomic mass is 9.96. The Morgan fingerprint density at radius 3 is 2.88 bits per heavy atom. The topological polar surface area (TPSA) is 45.2 Å². The normalized spacial score (nSPS) is 19.7. The van der Waals surface area contributed by atoms with Crippen molar-refractivity contribution in [3.63, 3.8) is 0 Å². The van der Waals surface area contributed by atoms with E-state index in [0.29, 0.717) is 6.54 Å². The van der Waals surface area contributed by atoms with Gasteiger partial charge in [-0.25, -0.2) is 4.98 Å². The number of aromatic nitrogens is 1. The molecular weight excluding hydrogens is 342 g/mol. The van der Waals surface area contributed by atoms with Crippen molar-refractivity contribution in [3.05, 3.63) is 52.5 Å². The molecule has 4 nitrogen and oxygen atoms in total. The average Bonchev–Trinajstić information content (AvgIpc) is 3.10. The first-order chi connectivity index (χ1) is 12.8. The number of hydrogen-bond donors (Lipinski definition) is 1. The highest BCUT2D eigenvalue weighted by atomic mass is 32.1. The van der Waals surface area contributed by atoms with Crippen molar-refractivity contribution in [1.82, 2.24) is 15.2 Å². The Bertz CT molecular complexity index is 659. The number of nitrogens with one attached hydrogen (secondary N) is 1. The summed E-state index contributed by atoms with van der Waals surface area (Å²) >= 11 is 1.58. The molecule has 1 saturated heterocycles. The van der Waals surface area contributed by atoms with Gasteiger partial charge in [-0.1, -0.05) is 50.1 Å². The van der Waals surface area contributed by atoms with Crippen LogP contribution in [0.5, 0.6) is 0 Å². The van der Waals surface area contributed by atoms with Gasteiger partial charge in [0.15, 0.2) is 0 Å². The molecule has 1 amide bonds. The highest BCUT2D eigenvalue weighted by Gasteiger charge is 2.22. The van der Waals surface area contributed by atoms with Crippen LogP contribution >= 0.6 is 11.3 Å². The molecule has 0 radical (unpaired) electrons. The number of likely N-dealkylation sites (tertiary alicyclic amines) is 1. The third kappa shape index (κ3) is 5.39. The second kappa shape index (κ2) is 9.83. The van der Waals surface area contributed by atoms with Crippen molar-refractivity contribution in [2.24, 2.45) is 5.92 Å². The van der Waals surface area contributed by atoms with Crippen LogP contribution in [0, 0.1) is 5.92 Å². The zero-order valence-corrected chi connectivity index (χ0v) is 16.4. The zero-order chi connectivity index (χ0) is 18.2. The molecule has 2 heterocycles. The van der Waals surface area contributed by atoms with Crippen molar-refractivity contribution in [2.75, 3.05) is 19.6 Å². The van der Waals surface area contributed by atoms with Crippen molar-refractivity contribution < 1.29 is 4.79 Å². The second-order valence-electron chi connectivity index (χ2n) is 7.14. The number of benzene rings is 1. The van der Waals surface area contributed by atoms with Crippen molar-refractivity contribution in [3.8, 4) is 0 Å². The number of hydrogen-bond acceptors (Lipinski definition) is 4. The van der Waals surface area contributed by atoms with E-state index in [1.165, 1.54) is 32.1 Å². The fourth-order valence-corrected chi connectivity index (χ4v) is 4.51. The van der Waals surface area contributed by atoms with Crippen molar-refractivity contribution >= 4 is 17.2 Å². The van der Waals surface area contributed by atoms with Crippen LogP contribution in [0.1, 0.15) is 55.6 Å². The van der Waals surface area contributed by atoms with Crippen LogP contribution in [-0.2, 0) is 4.79 Å². The summed E-state index contributed by atoms with van der Waals surface area (Å²) in [5, 5.41) is 6.10. The molecule has 0 bridgehead atoms. The summed E-state index contributed by atoms with van der Waals surface area (Å²) in [6, 6.07) is 9.94. The van der Waals surface area contributed by atoms with Gasteiger partial charge >= 0.3 is 0 Å². The van der Waals surface area contributed by atoms with Crippen LogP contribution in [0.25, 0.3) is 0 Å². The Kier molecular flexibility index (Phi) is 7.21. The molecule has 26 heavy (non-hydrogen) atoms. The number of rotatable bonds is 7. The van der Waals surface area contributed by atoms with Gasteiger partial charge in [0.1, 0.15) is 11.0 Å². The van der Waals surface area contributed by atoms with Gasteiger partial charge < -0.3 is 5.32 Å². The Morgan fingerprint density at radius 2 is 2.15 bits per heavy atom. The SMILES string of the molecule is CCCC1CCCN(CC(=O)NC(c2ccccc2)c2nccs2)CC1. The molecule has 0 aliphatic carbocycles. The monoisotopic (exact) mass is 371 g/mol. The highest BCUT2D eigenvalue weighted by Crippen LogP contribution is 2.24. The van der Waals surface area contributed by atoms with E-state index >= 15 is 0 Å². The van der Waals surface area contributed by atoms with E-state index in [4.69, 9.17) is 0 Å². The Labute approximate surface area is 160 Å². The molecule has 0 saturated carbocycles. The summed E-state index contributed by atoms with van der Waals surface area (Å²) in [6.07, 6.45) is 8.10. The van der Waals surface area contributed by atoms with Gasteiger partial charge in [0, 0.05) is 11.6 Å². The average molecular weight is 372 g/mol. The molecule has 1 aromatic carbocycles. The predicted molar refractivity (Wildman–Crippen MR) is 107 cm³/mol. The molecule has 1 fully saturated rings. The third-order valence-electron chi connectivity index (χ3n) is 5.14. The lowest BCUT2D eigenvalue weighted by Gasteiger charge is -2.22. The maximum absolute atomic E-state index is 12.7. The smallest absolute Gasteiger partial charge is 0.235 e. The fourth-order valence-electron chi connectivity index (χ4n) is 3.80. The first kappa shape index (κ1) is 19.1. The third-order valence-corrected chi connectivity index (χ3v) is 5.98. The fraction of sp³-hybridized carbons (Fsp3) is 0.524. The van der Waals surface area contributed by atoms with Crippen LogP contribution in [0.3, 0.4) is 0 Å². The van der Waals surface area contributed by atoms with E-state index in [9.17, 15) is 4.79 Å². The van der Waals surface area contributed by atoms with Crippen molar-refractivity contribution in [1.29, 1.82) is 0 Å². The molecule has 2 aromatic rings. The van der Waals surface area contributed by atoms with Crippen LogP contribution in [0.2, 0.25) is 0 Å². The summed E-state index contributed by atoms with van der Waals surface area (Å²) in [7, 11) is 0. The van der Waals surface area contributed by atoms with Gasteiger partial charge in [-0.15, -0.1) is 11.3 Å². The maximum atomic E-state index is 12.7. The molecule has 2 unspecified atom stereocenters. The zero-order valence-electron chi connectivity index (χ0n) is 15.6. The largest absolute Gasteiger partial charge is 0.342 e. The lowest BCUT2D eigenvalue weighted by Crippen LogP contribution is -2.39. The van der Waals surface area contributed by atoms with E-state index in [-0.39, 0.29) is 11.9 Å². The lowest BCUT2D eigenvalue weighted by molar-refractivity contribution is -0.122. The van der Waals surface area contributed by atoms with Crippen LogP contribution in [0.4, 0.5) is 0 Å². The van der Waals surface area contributed by atoms with Crippen LogP contribution in [0.15, 0.2) is 41.9 Å². The van der Waals surface area contributed by atoms with Gasteiger partial charge in [-0.3, -0.25) is 9.69 Å². The van der Waals surface area contributed by atoms with Gasteiger partial charge in [-0.05, 0) is 43.8 Å². The second-order valence-corrected chi connectivity index (χ2v) is 8.07. The highest BCUT2D eigenvalue weighted by molar-refractivity contribution is 7.09. The first-order valence-electron chi connectivity index (χ1n) is 9.72. The number of amides is 1. The summed E-state index contributed by atoms with van der Waals surface area (Å²) in [5.41, 5.74) is 1.08. The molecule has 1 aromatic heterocycles. The van der Waals surface area contributed by atoms with E-state index < -0.39 is 0 Å². The Balaban J connectivity index is 1.60. The van der Waals surface area contributed by atoms with Gasteiger partial charge in [-0.2, -0.15) is 0 Å². The predicted octanol–water partition coefficient (Wildman–Crippen LogP) is 4.25. The van der Waals surface area contributed by atoms with Gasteiger partial charge in [0.05, 0.1) is 6.54 Å². The minimum Gasteiger partial charge on any atom is -0.342 e. The molecule has 3 rings (SSSR count). The molecule has 140 valence electrons. The van der Waals surface area contributed by atoms with Gasteiger partial charge in [0.2, 0.25) is 5.91 Å². The van der Waals surface area contributed by atoms with Crippen molar-refractivity contribution in [2.45, 2.75) is 45.1 Å². The summed E-state index contributed by atoms with van der Waals surface area (Å²) in [4.78, 5) is 19.5. The maximum Gasteiger partial charge on any atom is 0.235 e. The van der Waals surface area contributed by atoms with Gasteiger partial charge in [0.25, 0.3) is 0 Å². The molecule has 0 spiro atoms. The van der Waals surface area contributed by atoms with E-state index in [0.717, 1.165) is 29.6 Å². The Morgan fingerprint density at radius 1 is 1.31 bits per heavy atom. The Hall–Kier alpha value is -1.72. The molecular formula is C21H29N3OS. The summed E-state index contributed by atoms with van der Waals surface area (Å²) in [5.74, 6) is 0.920. The van der Waals surface area contributed by atoms with Crippen LogP contribution in [-0.4, -0.2) is 35.4 Å². The minimum atomic E-state index is -0.163.